The molecule has 0 unspecified atom stereocenters. The first kappa shape index (κ1) is 15.0. The molecular weight excluding hydrogens is 246 g/mol. The highest BCUT2D eigenvalue weighted by molar-refractivity contribution is 6.19. The van der Waals surface area contributed by atoms with Gasteiger partial charge in [0.15, 0.2) is 5.78 Å². The van der Waals surface area contributed by atoms with E-state index in [2.05, 4.69) is 18.7 Å². The molecule has 0 aliphatic heterocycles. The molecule has 100 valence electrons. The minimum atomic E-state index is 0.120. The normalized spacial score (nSPS) is 10.4. The average molecular weight is 268 g/mol. The summed E-state index contributed by atoms with van der Waals surface area (Å²) in [6.07, 6.45) is 2.67. The van der Waals surface area contributed by atoms with Crippen molar-refractivity contribution in [3.8, 4) is 0 Å². The number of Topliss-reactive ketones (excluding diaryl/α,β-unsaturated/α-hetero) is 1. The van der Waals surface area contributed by atoms with Crippen LogP contribution in [0.1, 0.15) is 43.5 Å². The molecule has 0 fully saturated rings. The van der Waals surface area contributed by atoms with Crippen LogP contribution in [-0.2, 0) is 0 Å². The number of carbonyl (C=O) groups excluding carboxylic acids is 1. The van der Waals surface area contributed by atoms with Crippen molar-refractivity contribution in [2.24, 2.45) is 0 Å². The number of alkyl halides is 1. The first-order valence-electron chi connectivity index (χ1n) is 6.67. The van der Waals surface area contributed by atoms with Crippen LogP contribution in [0.5, 0.6) is 0 Å². The van der Waals surface area contributed by atoms with Crippen molar-refractivity contribution in [3.05, 3.63) is 29.8 Å². The van der Waals surface area contributed by atoms with Gasteiger partial charge in [-0.1, -0.05) is 13.8 Å². The Morgan fingerprint density at radius 1 is 1.11 bits per heavy atom. The molecule has 0 aromatic heterocycles. The van der Waals surface area contributed by atoms with Crippen LogP contribution < -0.4 is 4.90 Å². The first-order valence-corrected chi connectivity index (χ1v) is 7.20. The summed E-state index contributed by atoms with van der Waals surface area (Å²) < 4.78 is 0. The molecular formula is C15H22ClNO. The van der Waals surface area contributed by atoms with Gasteiger partial charge in [-0.05, 0) is 37.1 Å². The van der Waals surface area contributed by atoms with E-state index in [4.69, 9.17) is 11.6 Å². The molecule has 1 aromatic rings. The number of benzene rings is 1. The molecule has 0 saturated heterocycles. The fourth-order valence-corrected chi connectivity index (χ4v) is 2.17. The van der Waals surface area contributed by atoms with Crippen LogP contribution in [0.4, 0.5) is 5.69 Å². The SMILES string of the molecule is CCCN(CCC)c1ccc(C(=O)CCCl)cc1. The zero-order chi connectivity index (χ0) is 13.4. The number of ketones is 1. The van der Waals surface area contributed by atoms with Gasteiger partial charge >= 0.3 is 0 Å². The van der Waals surface area contributed by atoms with Gasteiger partial charge in [-0.25, -0.2) is 0 Å². The summed E-state index contributed by atoms with van der Waals surface area (Å²) in [6, 6.07) is 7.88. The Hall–Kier alpha value is -1.02. The number of nitrogens with zero attached hydrogens (tertiary/aromatic N) is 1. The lowest BCUT2D eigenvalue weighted by Crippen LogP contribution is -2.24. The van der Waals surface area contributed by atoms with Crippen molar-refractivity contribution in [1.82, 2.24) is 0 Å². The number of hydrogen-bond acceptors (Lipinski definition) is 2. The number of halogens is 1. The third-order valence-corrected chi connectivity index (χ3v) is 3.05. The topological polar surface area (TPSA) is 20.3 Å². The largest absolute Gasteiger partial charge is 0.372 e. The van der Waals surface area contributed by atoms with Crippen molar-refractivity contribution in [1.29, 1.82) is 0 Å². The van der Waals surface area contributed by atoms with E-state index in [0.29, 0.717) is 12.3 Å². The predicted molar refractivity (Wildman–Crippen MR) is 78.9 cm³/mol. The van der Waals surface area contributed by atoms with Gasteiger partial charge in [0.2, 0.25) is 0 Å². The molecule has 0 saturated carbocycles. The van der Waals surface area contributed by atoms with Crippen molar-refractivity contribution in [3.63, 3.8) is 0 Å². The van der Waals surface area contributed by atoms with Crippen LogP contribution >= 0.6 is 11.6 Å². The van der Waals surface area contributed by atoms with E-state index in [1.165, 1.54) is 5.69 Å². The highest BCUT2D eigenvalue weighted by Gasteiger charge is 2.07. The standard InChI is InChI=1S/C15H22ClNO/c1-3-11-17(12-4-2)14-7-5-13(6-8-14)15(18)9-10-16/h5-8H,3-4,9-12H2,1-2H3. The molecule has 0 spiro atoms. The predicted octanol–water partition coefficient (Wildman–Crippen LogP) is 4.12. The van der Waals surface area contributed by atoms with Crippen LogP contribution in [0.3, 0.4) is 0 Å². The molecule has 18 heavy (non-hydrogen) atoms. The fourth-order valence-electron chi connectivity index (χ4n) is 2.00. The zero-order valence-electron chi connectivity index (χ0n) is 11.3. The molecule has 0 amide bonds. The van der Waals surface area contributed by atoms with E-state index in [1.807, 2.05) is 24.3 Å². The molecule has 2 nitrogen and oxygen atoms in total. The highest BCUT2D eigenvalue weighted by Crippen LogP contribution is 2.17. The van der Waals surface area contributed by atoms with Crippen molar-refractivity contribution in [2.45, 2.75) is 33.1 Å². The van der Waals surface area contributed by atoms with Crippen molar-refractivity contribution in [2.75, 3.05) is 23.9 Å². The summed E-state index contributed by atoms with van der Waals surface area (Å²) in [7, 11) is 0. The minimum Gasteiger partial charge on any atom is -0.372 e. The van der Waals surface area contributed by atoms with E-state index in [1.54, 1.807) is 0 Å². The minimum absolute atomic E-state index is 0.120. The van der Waals surface area contributed by atoms with Gasteiger partial charge in [-0.3, -0.25) is 4.79 Å². The Bertz CT molecular complexity index is 355. The van der Waals surface area contributed by atoms with Gasteiger partial charge in [-0.15, -0.1) is 11.6 Å². The van der Waals surface area contributed by atoms with Gasteiger partial charge in [0, 0.05) is 36.6 Å². The highest BCUT2D eigenvalue weighted by atomic mass is 35.5. The van der Waals surface area contributed by atoms with Gasteiger partial charge in [0.1, 0.15) is 0 Å². The summed E-state index contributed by atoms with van der Waals surface area (Å²) in [4.78, 5) is 14.0. The van der Waals surface area contributed by atoms with Crippen LogP contribution in [0.2, 0.25) is 0 Å². The van der Waals surface area contributed by atoms with Crippen molar-refractivity contribution < 1.29 is 4.79 Å². The summed E-state index contributed by atoms with van der Waals surface area (Å²) in [5.74, 6) is 0.507. The number of hydrogen-bond donors (Lipinski definition) is 0. The monoisotopic (exact) mass is 267 g/mol. The van der Waals surface area contributed by atoms with Crippen LogP contribution in [0, 0.1) is 0 Å². The second-order valence-corrected chi connectivity index (χ2v) is 4.77. The van der Waals surface area contributed by atoms with E-state index < -0.39 is 0 Å². The third-order valence-electron chi connectivity index (χ3n) is 2.86. The number of carbonyl (C=O) groups is 1. The molecule has 0 radical (unpaired) electrons. The first-order chi connectivity index (χ1) is 8.72. The van der Waals surface area contributed by atoms with E-state index >= 15 is 0 Å². The molecule has 1 aromatic carbocycles. The molecule has 3 heteroatoms. The Balaban J connectivity index is 2.76. The number of anilines is 1. The maximum atomic E-state index is 11.7. The Labute approximate surface area is 115 Å². The molecule has 0 atom stereocenters. The fraction of sp³-hybridized carbons (Fsp3) is 0.533. The summed E-state index contributed by atoms with van der Waals surface area (Å²) in [5, 5.41) is 0. The summed E-state index contributed by atoms with van der Waals surface area (Å²) >= 11 is 5.58. The summed E-state index contributed by atoms with van der Waals surface area (Å²) in [5.41, 5.74) is 1.95. The third kappa shape index (κ3) is 4.34. The lowest BCUT2D eigenvalue weighted by atomic mass is 10.1. The van der Waals surface area contributed by atoms with Crippen LogP contribution in [-0.4, -0.2) is 24.8 Å². The van der Waals surface area contributed by atoms with E-state index in [-0.39, 0.29) is 5.78 Å². The van der Waals surface area contributed by atoms with Crippen molar-refractivity contribution >= 4 is 23.1 Å². The maximum absolute atomic E-state index is 11.7. The Kier molecular flexibility index (Phi) is 6.81. The second kappa shape index (κ2) is 8.15. The quantitative estimate of drug-likeness (QED) is 0.522. The van der Waals surface area contributed by atoms with Crippen LogP contribution in [0.15, 0.2) is 24.3 Å². The van der Waals surface area contributed by atoms with Gasteiger partial charge in [-0.2, -0.15) is 0 Å². The van der Waals surface area contributed by atoms with E-state index in [9.17, 15) is 4.79 Å². The van der Waals surface area contributed by atoms with E-state index in [0.717, 1.165) is 31.5 Å². The average Bonchev–Trinajstić information content (AvgIpc) is 2.39. The molecule has 1 rings (SSSR count). The lowest BCUT2D eigenvalue weighted by molar-refractivity contribution is 0.0989. The van der Waals surface area contributed by atoms with Crippen LogP contribution in [0.25, 0.3) is 0 Å². The molecule has 0 bridgehead atoms. The maximum Gasteiger partial charge on any atom is 0.164 e. The molecule has 0 aliphatic rings. The molecule has 0 aliphatic carbocycles. The van der Waals surface area contributed by atoms with Gasteiger partial charge < -0.3 is 4.90 Å². The van der Waals surface area contributed by atoms with Gasteiger partial charge in [0.25, 0.3) is 0 Å². The molecule has 0 N–H and O–H groups in total. The number of rotatable bonds is 8. The second-order valence-electron chi connectivity index (χ2n) is 4.40. The smallest absolute Gasteiger partial charge is 0.164 e. The van der Waals surface area contributed by atoms with Gasteiger partial charge in [0.05, 0.1) is 0 Å². The zero-order valence-corrected chi connectivity index (χ0v) is 12.0. The molecule has 0 heterocycles. The Morgan fingerprint density at radius 2 is 1.67 bits per heavy atom. The summed E-state index contributed by atoms with van der Waals surface area (Å²) in [6.45, 7) is 6.48. The lowest BCUT2D eigenvalue weighted by Gasteiger charge is -2.23. The Morgan fingerprint density at radius 3 is 2.11 bits per heavy atom.